The molecule has 0 aliphatic heterocycles. The maximum atomic E-state index is 5.11. The van der Waals surface area contributed by atoms with E-state index in [1.807, 2.05) is 6.20 Å². The first-order valence-electron chi connectivity index (χ1n) is 12.9. The van der Waals surface area contributed by atoms with Gasteiger partial charge in [0, 0.05) is 22.5 Å². The summed E-state index contributed by atoms with van der Waals surface area (Å²) >= 11 is 0. The van der Waals surface area contributed by atoms with Gasteiger partial charge in [0.05, 0.1) is 5.52 Å². The Morgan fingerprint density at radius 1 is 0.395 bits per heavy atom. The number of nitrogens with zero attached hydrogens (tertiary/aromatic N) is 2. The second kappa shape index (κ2) is 8.22. The molecule has 0 aliphatic rings. The van der Waals surface area contributed by atoms with E-state index >= 15 is 0 Å². The van der Waals surface area contributed by atoms with E-state index in [1.54, 1.807) is 0 Å². The molecule has 1 aromatic heterocycles. The standard InChI is InChI=1S/C36H22N2/c1-2-10-26-25(9-1)21-33(30-14-5-3-11-27(26)30)23-17-19-24(20-18-23)36-37-22-34-31-15-6-4-12-28(31)29-13-7-8-16-32(29)35(34)38-36/h1-22H. The van der Waals surface area contributed by atoms with E-state index < -0.39 is 0 Å². The van der Waals surface area contributed by atoms with Gasteiger partial charge in [0.15, 0.2) is 5.82 Å². The van der Waals surface area contributed by atoms with Crippen LogP contribution in [0.4, 0.5) is 0 Å². The van der Waals surface area contributed by atoms with Gasteiger partial charge < -0.3 is 0 Å². The molecule has 0 fully saturated rings. The summed E-state index contributed by atoms with van der Waals surface area (Å²) in [4.78, 5) is 9.92. The molecule has 1 heterocycles. The Balaban J connectivity index is 1.29. The van der Waals surface area contributed by atoms with Gasteiger partial charge in [0.1, 0.15) is 0 Å². The maximum absolute atomic E-state index is 5.11. The van der Waals surface area contributed by atoms with E-state index in [-0.39, 0.29) is 0 Å². The third-order valence-electron chi connectivity index (χ3n) is 7.70. The molecule has 7 aromatic carbocycles. The smallest absolute Gasteiger partial charge is 0.159 e. The number of hydrogen-bond donors (Lipinski definition) is 0. The summed E-state index contributed by atoms with van der Waals surface area (Å²) in [6, 6.07) is 45.3. The van der Waals surface area contributed by atoms with Crippen molar-refractivity contribution in [1.82, 2.24) is 9.97 Å². The monoisotopic (exact) mass is 482 g/mol. The van der Waals surface area contributed by atoms with Gasteiger partial charge in [-0.3, -0.25) is 0 Å². The fraction of sp³-hybridized carbons (Fsp3) is 0. The topological polar surface area (TPSA) is 25.8 Å². The fourth-order valence-electron chi connectivity index (χ4n) is 5.89. The van der Waals surface area contributed by atoms with Crippen LogP contribution in [0.3, 0.4) is 0 Å². The molecule has 2 heteroatoms. The minimum atomic E-state index is 0.743. The molecular weight excluding hydrogens is 460 g/mol. The maximum Gasteiger partial charge on any atom is 0.159 e. The van der Waals surface area contributed by atoms with Gasteiger partial charge in [-0.2, -0.15) is 0 Å². The van der Waals surface area contributed by atoms with Crippen LogP contribution in [0.25, 0.3) is 76.5 Å². The Morgan fingerprint density at radius 3 is 1.61 bits per heavy atom. The summed E-state index contributed by atoms with van der Waals surface area (Å²) in [6.45, 7) is 0. The molecule has 2 nitrogen and oxygen atoms in total. The van der Waals surface area contributed by atoms with Crippen molar-refractivity contribution >= 4 is 54.0 Å². The summed E-state index contributed by atoms with van der Waals surface area (Å²) in [7, 11) is 0. The molecule has 0 bridgehead atoms. The van der Waals surface area contributed by atoms with Crippen LogP contribution in [0, 0.1) is 0 Å². The van der Waals surface area contributed by atoms with Crippen LogP contribution < -0.4 is 0 Å². The molecule has 0 atom stereocenters. The normalized spacial score (nSPS) is 11.7. The van der Waals surface area contributed by atoms with E-state index in [0.29, 0.717) is 0 Å². The van der Waals surface area contributed by atoms with Crippen molar-refractivity contribution in [3.63, 3.8) is 0 Å². The van der Waals surface area contributed by atoms with Crippen molar-refractivity contribution in [2.45, 2.75) is 0 Å². The Kier molecular flexibility index (Phi) is 4.55. The van der Waals surface area contributed by atoms with Crippen LogP contribution in [0.2, 0.25) is 0 Å². The summed E-state index contributed by atoms with van der Waals surface area (Å²) in [5.41, 5.74) is 4.43. The summed E-state index contributed by atoms with van der Waals surface area (Å²) in [5, 5.41) is 11.0. The largest absolute Gasteiger partial charge is 0.236 e. The van der Waals surface area contributed by atoms with Crippen LogP contribution in [0.5, 0.6) is 0 Å². The Morgan fingerprint density at radius 2 is 0.895 bits per heavy atom. The van der Waals surface area contributed by atoms with Gasteiger partial charge in [-0.1, -0.05) is 121 Å². The lowest BCUT2D eigenvalue weighted by atomic mass is 9.93. The van der Waals surface area contributed by atoms with Gasteiger partial charge >= 0.3 is 0 Å². The highest BCUT2D eigenvalue weighted by molar-refractivity contribution is 6.24. The highest BCUT2D eigenvalue weighted by Gasteiger charge is 2.13. The minimum absolute atomic E-state index is 0.743. The number of aromatic nitrogens is 2. The van der Waals surface area contributed by atoms with Crippen molar-refractivity contribution in [3.8, 4) is 22.5 Å². The number of rotatable bonds is 2. The lowest BCUT2D eigenvalue weighted by Crippen LogP contribution is -1.93. The minimum Gasteiger partial charge on any atom is -0.236 e. The second-order valence-corrected chi connectivity index (χ2v) is 9.82. The molecule has 176 valence electrons. The Labute approximate surface area is 219 Å². The van der Waals surface area contributed by atoms with Gasteiger partial charge in [-0.25, -0.2) is 9.97 Å². The molecule has 38 heavy (non-hydrogen) atoms. The average Bonchev–Trinajstić information content (AvgIpc) is 3.01. The molecule has 0 N–H and O–H groups in total. The predicted octanol–water partition coefficient (Wildman–Crippen LogP) is 9.58. The molecule has 0 saturated carbocycles. The van der Waals surface area contributed by atoms with E-state index in [9.17, 15) is 0 Å². The van der Waals surface area contributed by atoms with Crippen LogP contribution in [-0.4, -0.2) is 9.97 Å². The molecule has 0 amide bonds. The number of fused-ring (bicyclic) bond motifs is 9. The van der Waals surface area contributed by atoms with Crippen molar-refractivity contribution in [2.75, 3.05) is 0 Å². The third-order valence-corrected chi connectivity index (χ3v) is 7.70. The van der Waals surface area contributed by atoms with E-state index in [0.717, 1.165) is 27.7 Å². The molecule has 8 rings (SSSR count). The molecule has 0 aliphatic carbocycles. The van der Waals surface area contributed by atoms with Gasteiger partial charge in [-0.15, -0.1) is 0 Å². The van der Waals surface area contributed by atoms with Gasteiger partial charge in [-0.05, 0) is 54.9 Å². The molecule has 0 spiro atoms. The number of benzene rings is 7. The quantitative estimate of drug-likeness (QED) is 0.229. The summed E-state index contributed by atoms with van der Waals surface area (Å²) < 4.78 is 0. The lowest BCUT2D eigenvalue weighted by Gasteiger charge is -2.12. The molecular formula is C36H22N2. The first-order chi connectivity index (χ1) is 18.8. The highest BCUT2D eigenvalue weighted by atomic mass is 14.9. The summed E-state index contributed by atoms with van der Waals surface area (Å²) in [6.07, 6.45) is 1.98. The Bertz CT molecular complexity index is 2140. The zero-order valence-electron chi connectivity index (χ0n) is 20.6. The second-order valence-electron chi connectivity index (χ2n) is 9.82. The first kappa shape index (κ1) is 21.0. The molecule has 0 radical (unpaired) electrons. The first-order valence-corrected chi connectivity index (χ1v) is 12.9. The predicted molar refractivity (Wildman–Crippen MR) is 160 cm³/mol. The zero-order valence-corrected chi connectivity index (χ0v) is 20.6. The molecule has 0 saturated heterocycles. The van der Waals surface area contributed by atoms with Crippen molar-refractivity contribution < 1.29 is 0 Å². The summed E-state index contributed by atoms with van der Waals surface area (Å²) in [5.74, 6) is 0.743. The lowest BCUT2D eigenvalue weighted by molar-refractivity contribution is 1.23. The third kappa shape index (κ3) is 3.14. The van der Waals surface area contributed by atoms with Crippen LogP contribution in [-0.2, 0) is 0 Å². The van der Waals surface area contributed by atoms with Gasteiger partial charge in [0.2, 0.25) is 0 Å². The van der Waals surface area contributed by atoms with E-state index in [4.69, 9.17) is 9.97 Å². The van der Waals surface area contributed by atoms with Crippen LogP contribution >= 0.6 is 0 Å². The Hall–Kier alpha value is -5.08. The van der Waals surface area contributed by atoms with Crippen molar-refractivity contribution in [1.29, 1.82) is 0 Å². The molecule has 8 aromatic rings. The molecule has 0 unspecified atom stereocenters. The van der Waals surface area contributed by atoms with Gasteiger partial charge in [0.25, 0.3) is 0 Å². The fourth-order valence-corrected chi connectivity index (χ4v) is 5.89. The van der Waals surface area contributed by atoms with E-state index in [2.05, 4.69) is 127 Å². The highest BCUT2D eigenvalue weighted by Crippen LogP contribution is 2.37. The SMILES string of the molecule is c1ccc2c(c1)cc(-c1ccc(-c3ncc4c5ccccc5c5ccccc5c4n3)cc1)c1ccccc12. The number of hydrogen-bond acceptors (Lipinski definition) is 2. The average molecular weight is 483 g/mol. The van der Waals surface area contributed by atoms with Crippen LogP contribution in [0.15, 0.2) is 134 Å². The van der Waals surface area contributed by atoms with Crippen molar-refractivity contribution in [2.24, 2.45) is 0 Å². The van der Waals surface area contributed by atoms with Crippen LogP contribution in [0.1, 0.15) is 0 Å². The zero-order chi connectivity index (χ0) is 25.1. The van der Waals surface area contributed by atoms with Crippen molar-refractivity contribution in [3.05, 3.63) is 134 Å². The van der Waals surface area contributed by atoms with E-state index in [1.165, 1.54) is 48.8 Å².